The second-order valence-corrected chi connectivity index (χ2v) is 5.80. The third-order valence-corrected chi connectivity index (χ3v) is 3.55. The Hall–Kier alpha value is -0.320. The van der Waals surface area contributed by atoms with Crippen LogP contribution in [0.25, 0.3) is 0 Å². The molecule has 1 atom stereocenters. The van der Waals surface area contributed by atoms with Crippen LogP contribution in [0.5, 0.6) is 0 Å². The highest BCUT2D eigenvalue weighted by molar-refractivity contribution is 5.85. The molecule has 1 amide bonds. The molecule has 0 aromatic carbocycles. The zero-order valence-corrected chi connectivity index (χ0v) is 12.9. The van der Waals surface area contributed by atoms with Crippen molar-refractivity contribution in [1.29, 1.82) is 0 Å². The number of halogens is 1. The number of piperidine rings is 1. The maximum Gasteiger partial charge on any atom is 0.239 e. The first kappa shape index (κ1) is 17.7. The van der Waals surface area contributed by atoms with Gasteiger partial charge in [-0.15, -0.1) is 12.4 Å². The normalized spacial score (nSPS) is 18.9. The molecule has 0 radical (unpaired) electrons. The molecule has 1 heterocycles. The zero-order valence-electron chi connectivity index (χ0n) is 12.1. The fourth-order valence-corrected chi connectivity index (χ4v) is 2.35. The fourth-order valence-electron chi connectivity index (χ4n) is 2.35. The van der Waals surface area contributed by atoms with Gasteiger partial charge >= 0.3 is 0 Å². The van der Waals surface area contributed by atoms with Crippen molar-refractivity contribution in [1.82, 2.24) is 9.80 Å². The van der Waals surface area contributed by atoms with Gasteiger partial charge in [0.2, 0.25) is 5.91 Å². The summed E-state index contributed by atoms with van der Waals surface area (Å²) in [4.78, 5) is 16.2. The second kappa shape index (κ2) is 7.97. The maximum atomic E-state index is 12.1. The first-order valence-corrected chi connectivity index (χ1v) is 6.61. The molecule has 108 valence electrons. The van der Waals surface area contributed by atoms with Gasteiger partial charge in [0, 0.05) is 19.6 Å². The number of nitrogens with two attached hydrogens (primary N) is 1. The van der Waals surface area contributed by atoms with Crippen molar-refractivity contribution >= 4 is 18.3 Å². The summed E-state index contributed by atoms with van der Waals surface area (Å²) in [6, 6.07) is -0.333. The molecular weight excluding hydrogens is 250 g/mol. The van der Waals surface area contributed by atoms with Crippen LogP contribution in [0.3, 0.4) is 0 Å². The highest BCUT2D eigenvalue weighted by Gasteiger charge is 2.27. The van der Waals surface area contributed by atoms with Gasteiger partial charge < -0.3 is 15.5 Å². The van der Waals surface area contributed by atoms with E-state index in [2.05, 4.69) is 19.0 Å². The Kier molecular flexibility index (Phi) is 7.83. The van der Waals surface area contributed by atoms with Gasteiger partial charge in [0.05, 0.1) is 6.04 Å². The zero-order chi connectivity index (χ0) is 13.0. The standard InChI is InChI=1S/C13H27N3O.ClH/c1-10(2)12(14)13(17)16-7-5-11(6-8-16)9-15(3)4;/h10-12H,5-9,14H2,1-4H3;1H/t12-;/m0./s1. The third kappa shape index (κ3) is 5.12. The number of hydrogen-bond donors (Lipinski definition) is 1. The Bertz CT molecular complexity index is 251. The Morgan fingerprint density at radius 2 is 1.83 bits per heavy atom. The molecule has 0 aromatic heterocycles. The fraction of sp³-hybridized carbons (Fsp3) is 0.923. The molecule has 1 rings (SSSR count). The van der Waals surface area contributed by atoms with E-state index in [9.17, 15) is 4.79 Å². The molecule has 1 aliphatic rings. The summed E-state index contributed by atoms with van der Waals surface area (Å²) in [5.41, 5.74) is 5.91. The molecule has 0 saturated carbocycles. The summed E-state index contributed by atoms with van der Waals surface area (Å²) in [5.74, 6) is 1.08. The average Bonchev–Trinajstić information content (AvgIpc) is 2.27. The van der Waals surface area contributed by atoms with Crippen LogP contribution in [0.2, 0.25) is 0 Å². The van der Waals surface area contributed by atoms with Gasteiger partial charge in [-0.1, -0.05) is 13.8 Å². The van der Waals surface area contributed by atoms with E-state index in [0.29, 0.717) is 0 Å². The monoisotopic (exact) mass is 277 g/mol. The SMILES string of the molecule is CC(C)[C@H](N)C(=O)N1CCC(CN(C)C)CC1.Cl. The summed E-state index contributed by atoms with van der Waals surface area (Å²) >= 11 is 0. The lowest BCUT2D eigenvalue weighted by Gasteiger charge is -2.35. The Labute approximate surface area is 117 Å². The van der Waals surface area contributed by atoms with Crippen LogP contribution in [0.15, 0.2) is 0 Å². The number of rotatable bonds is 4. The second-order valence-electron chi connectivity index (χ2n) is 5.80. The lowest BCUT2D eigenvalue weighted by molar-refractivity contribution is -0.135. The van der Waals surface area contributed by atoms with Gasteiger partial charge in [-0.2, -0.15) is 0 Å². The minimum Gasteiger partial charge on any atom is -0.341 e. The minimum absolute atomic E-state index is 0. The van der Waals surface area contributed by atoms with Gasteiger partial charge in [-0.05, 0) is 38.8 Å². The molecule has 5 heteroatoms. The predicted octanol–water partition coefficient (Wildman–Crippen LogP) is 1.19. The molecule has 0 bridgehead atoms. The number of carbonyl (C=O) groups is 1. The summed E-state index contributed by atoms with van der Waals surface area (Å²) in [6.07, 6.45) is 2.21. The van der Waals surface area contributed by atoms with Crippen molar-refractivity contribution in [2.75, 3.05) is 33.7 Å². The molecule has 2 N–H and O–H groups in total. The Morgan fingerprint density at radius 3 is 2.22 bits per heavy atom. The molecule has 4 nitrogen and oxygen atoms in total. The number of hydrogen-bond acceptors (Lipinski definition) is 3. The maximum absolute atomic E-state index is 12.1. The highest BCUT2D eigenvalue weighted by atomic mass is 35.5. The Balaban J connectivity index is 0.00000289. The molecule has 1 aliphatic heterocycles. The van der Waals surface area contributed by atoms with E-state index in [-0.39, 0.29) is 30.3 Å². The van der Waals surface area contributed by atoms with Crippen LogP contribution in [0.1, 0.15) is 26.7 Å². The summed E-state index contributed by atoms with van der Waals surface area (Å²) in [5, 5.41) is 0. The number of carbonyl (C=O) groups excluding carboxylic acids is 1. The van der Waals surface area contributed by atoms with Crippen molar-refractivity contribution in [2.45, 2.75) is 32.7 Å². The molecule has 0 aliphatic carbocycles. The molecule has 0 spiro atoms. The van der Waals surface area contributed by atoms with Crippen molar-refractivity contribution < 1.29 is 4.79 Å². The number of amides is 1. The molecule has 0 aromatic rings. The highest BCUT2D eigenvalue weighted by Crippen LogP contribution is 2.19. The van der Waals surface area contributed by atoms with Gasteiger partial charge in [0.15, 0.2) is 0 Å². The predicted molar refractivity (Wildman–Crippen MR) is 77.9 cm³/mol. The topological polar surface area (TPSA) is 49.6 Å². The molecular formula is C13H28ClN3O. The van der Waals surface area contributed by atoms with Crippen molar-refractivity contribution in [2.24, 2.45) is 17.6 Å². The number of likely N-dealkylation sites (tertiary alicyclic amines) is 1. The van der Waals surface area contributed by atoms with Gasteiger partial charge in [0.25, 0.3) is 0 Å². The van der Waals surface area contributed by atoms with E-state index >= 15 is 0 Å². The molecule has 0 unspecified atom stereocenters. The quantitative estimate of drug-likeness (QED) is 0.840. The van der Waals surface area contributed by atoms with Crippen molar-refractivity contribution in [3.05, 3.63) is 0 Å². The van der Waals surface area contributed by atoms with Gasteiger partial charge in [0.1, 0.15) is 0 Å². The lowest BCUT2D eigenvalue weighted by atomic mass is 9.95. The smallest absolute Gasteiger partial charge is 0.239 e. The summed E-state index contributed by atoms with van der Waals surface area (Å²) in [7, 11) is 4.21. The van der Waals surface area contributed by atoms with Gasteiger partial charge in [-0.25, -0.2) is 0 Å². The summed E-state index contributed by atoms with van der Waals surface area (Å²) in [6.45, 7) is 6.87. The number of nitrogens with zero attached hydrogens (tertiary/aromatic N) is 2. The van der Waals surface area contributed by atoms with Crippen LogP contribution in [-0.2, 0) is 4.79 Å². The molecule has 18 heavy (non-hydrogen) atoms. The first-order chi connectivity index (χ1) is 7.91. The van der Waals surface area contributed by atoms with E-state index in [1.165, 1.54) is 0 Å². The average molecular weight is 278 g/mol. The van der Waals surface area contributed by atoms with Crippen molar-refractivity contribution in [3.63, 3.8) is 0 Å². The van der Waals surface area contributed by atoms with Crippen LogP contribution in [-0.4, -0.2) is 55.5 Å². The van der Waals surface area contributed by atoms with Crippen LogP contribution in [0.4, 0.5) is 0 Å². The van der Waals surface area contributed by atoms with E-state index in [1.54, 1.807) is 0 Å². The molecule has 1 saturated heterocycles. The van der Waals surface area contributed by atoms with E-state index in [0.717, 1.165) is 38.4 Å². The summed E-state index contributed by atoms with van der Waals surface area (Å²) < 4.78 is 0. The minimum atomic E-state index is -0.333. The van der Waals surface area contributed by atoms with Crippen LogP contribution < -0.4 is 5.73 Å². The van der Waals surface area contributed by atoms with E-state index in [1.807, 2.05) is 18.7 Å². The Morgan fingerprint density at radius 1 is 1.33 bits per heavy atom. The molecule has 1 fully saturated rings. The third-order valence-electron chi connectivity index (χ3n) is 3.55. The van der Waals surface area contributed by atoms with Crippen LogP contribution in [0, 0.1) is 11.8 Å². The lowest BCUT2D eigenvalue weighted by Crippen LogP contribution is -2.49. The van der Waals surface area contributed by atoms with E-state index < -0.39 is 0 Å². The van der Waals surface area contributed by atoms with Gasteiger partial charge in [-0.3, -0.25) is 4.79 Å². The van der Waals surface area contributed by atoms with Crippen molar-refractivity contribution in [3.8, 4) is 0 Å². The largest absolute Gasteiger partial charge is 0.341 e. The first-order valence-electron chi connectivity index (χ1n) is 6.61. The van der Waals surface area contributed by atoms with E-state index in [4.69, 9.17) is 5.73 Å². The van der Waals surface area contributed by atoms with Crippen LogP contribution >= 0.6 is 12.4 Å².